The fourth-order valence-electron chi connectivity index (χ4n) is 1.43. The number of benzene rings is 1. The smallest absolute Gasteiger partial charge is 0.413 e. The first-order valence-corrected chi connectivity index (χ1v) is 6.40. The number of carbonyl (C=O) groups is 3. The molecule has 0 aliphatic heterocycles. The Bertz CT molecular complexity index is 551. The van der Waals surface area contributed by atoms with Crippen molar-refractivity contribution in [3.8, 4) is 0 Å². The average molecular weight is 291 g/mol. The number of hydrogen-bond donors (Lipinski definition) is 1. The largest absolute Gasteiger partial charge is 0.452 e. The molecule has 0 fully saturated rings. The van der Waals surface area contributed by atoms with E-state index in [1.807, 2.05) is 36.5 Å². The molecule has 1 aromatic carbocycles. The summed E-state index contributed by atoms with van der Waals surface area (Å²) in [5, 5.41) is 1.92. The van der Waals surface area contributed by atoms with E-state index in [4.69, 9.17) is 4.74 Å². The van der Waals surface area contributed by atoms with Crippen molar-refractivity contribution in [2.45, 2.75) is 13.8 Å². The Labute approximate surface area is 122 Å². The lowest BCUT2D eigenvalue weighted by molar-refractivity contribution is -0.143. The van der Waals surface area contributed by atoms with Crippen LogP contribution < -0.4 is 5.32 Å². The second-order valence-electron chi connectivity index (χ2n) is 4.07. The van der Waals surface area contributed by atoms with Gasteiger partial charge < -0.3 is 9.47 Å². The van der Waals surface area contributed by atoms with Crippen LogP contribution in [0.2, 0.25) is 0 Å². The monoisotopic (exact) mass is 291 g/mol. The third-order valence-corrected chi connectivity index (χ3v) is 2.45. The van der Waals surface area contributed by atoms with Crippen LogP contribution in [0.1, 0.15) is 18.1 Å². The number of nitrogens with one attached hydrogen (secondary N) is 1. The molecule has 0 bridgehead atoms. The van der Waals surface area contributed by atoms with Crippen molar-refractivity contribution in [1.82, 2.24) is 5.32 Å². The minimum atomic E-state index is -0.867. The predicted molar refractivity (Wildman–Crippen MR) is 76.3 cm³/mol. The zero-order valence-corrected chi connectivity index (χ0v) is 11.9. The minimum Gasteiger partial charge on any atom is -0.452 e. The highest BCUT2D eigenvalue weighted by atomic mass is 16.6. The molecule has 0 saturated heterocycles. The van der Waals surface area contributed by atoms with Crippen LogP contribution in [0, 0.1) is 6.92 Å². The number of amides is 2. The maximum absolute atomic E-state index is 11.4. The van der Waals surface area contributed by atoms with E-state index < -0.39 is 24.6 Å². The fraction of sp³-hybridized carbons (Fsp3) is 0.267. The maximum Gasteiger partial charge on any atom is 0.413 e. The van der Waals surface area contributed by atoms with Gasteiger partial charge in [0.2, 0.25) is 0 Å². The lowest BCUT2D eigenvalue weighted by Crippen LogP contribution is -2.34. The van der Waals surface area contributed by atoms with Crippen molar-refractivity contribution in [2.75, 3.05) is 13.2 Å². The molecule has 1 N–H and O–H groups in total. The summed E-state index contributed by atoms with van der Waals surface area (Å²) in [6.45, 7) is 3.13. The van der Waals surface area contributed by atoms with Crippen LogP contribution in [0.25, 0.3) is 6.08 Å². The molecule has 6 heteroatoms. The Morgan fingerprint density at radius 2 is 1.90 bits per heavy atom. The third-order valence-electron chi connectivity index (χ3n) is 2.45. The summed E-state index contributed by atoms with van der Waals surface area (Å²) < 4.78 is 9.21. The van der Waals surface area contributed by atoms with Crippen LogP contribution in [-0.4, -0.2) is 31.2 Å². The van der Waals surface area contributed by atoms with Gasteiger partial charge in [0.05, 0.1) is 6.61 Å². The number of imide groups is 1. The van der Waals surface area contributed by atoms with Gasteiger partial charge in [0.1, 0.15) is 0 Å². The Balaban J connectivity index is 2.39. The highest BCUT2D eigenvalue weighted by molar-refractivity contribution is 5.94. The Kier molecular flexibility index (Phi) is 6.67. The van der Waals surface area contributed by atoms with E-state index in [9.17, 15) is 14.4 Å². The van der Waals surface area contributed by atoms with Crippen molar-refractivity contribution in [2.24, 2.45) is 0 Å². The minimum absolute atomic E-state index is 0.151. The molecule has 0 aliphatic rings. The normalized spacial score (nSPS) is 10.2. The molecular formula is C15H17NO5. The van der Waals surface area contributed by atoms with Crippen molar-refractivity contribution in [3.63, 3.8) is 0 Å². The van der Waals surface area contributed by atoms with Gasteiger partial charge in [-0.25, -0.2) is 9.59 Å². The Morgan fingerprint density at radius 3 is 2.57 bits per heavy atom. The standard InChI is InChI=1S/C15H17NO5/c1-3-20-15(19)16-13(17)10-21-14(18)9-8-12-7-5-4-6-11(12)2/h4-9H,3,10H2,1-2H3,(H,16,17,19)/b9-8+. The molecule has 0 aromatic heterocycles. The van der Waals surface area contributed by atoms with E-state index >= 15 is 0 Å². The van der Waals surface area contributed by atoms with E-state index in [-0.39, 0.29) is 6.61 Å². The zero-order chi connectivity index (χ0) is 15.7. The Morgan fingerprint density at radius 1 is 1.19 bits per heavy atom. The number of aryl methyl sites for hydroxylation is 1. The van der Waals surface area contributed by atoms with Gasteiger partial charge in [0.25, 0.3) is 5.91 Å². The van der Waals surface area contributed by atoms with E-state index in [1.54, 1.807) is 13.0 Å². The molecule has 0 saturated carbocycles. The molecule has 0 atom stereocenters. The molecule has 0 heterocycles. The summed E-state index contributed by atoms with van der Waals surface area (Å²) in [5.74, 6) is -1.41. The lowest BCUT2D eigenvalue weighted by Gasteiger charge is -2.04. The number of hydrogen-bond acceptors (Lipinski definition) is 5. The maximum atomic E-state index is 11.4. The summed E-state index contributed by atoms with van der Waals surface area (Å²) in [6.07, 6.45) is 1.95. The van der Waals surface area contributed by atoms with Gasteiger partial charge in [-0.3, -0.25) is 10.1 Å². The van der Waals surface area contributed by atoms with Crippen molar-refractivity contribution >= 4 is 24.0 Å². The van der Waals surface area contributed by atoms with Crippen LogP contribution in [0.3, 0.4) is 0 Å². The Hall–Kier alpha value is -2.63. The number of carbonyl (C=O) groups excluding carboxylic acids is 3. The molecule has 21 heavy (non-hydrogen) atoms. The highest BCUT2D eigenvalue weighted by Gasteiger charge is 2.09. The molecule has 1 aromatic rings. The van der Waals surface area contributed by atoms with Crippen LogP contribution in [0.5, 0.6) is 0 Å². The fourth-order valence-corrected chi connectivity index (χ4v) is 1.43. The third kappa shape index (κ3) is 6.38. The number of rotatable bonds is 5. The summed E-state index contributed by atoms with van der Waals surface area (Å²) >= 11 is 0. The van der Waals surface area contributed by atoms with Gasteiger partial charge in [0, 0.05) is 6.08 Å². The molecule has 0 radical (unpaired) electrons. The van der Waals surface area contributed by atoms with Crippen LogP contribution in [-0.2, 0) is 19.1 Å². The molecule has 1 rings (SSSR count). The average Bonchev–Trinajstić information content (AvgIpc) is 2.44. The second-order valence-corrected chi connectivity index (χ2v) is 4.07. The topological polar surface area (TPSA) is 81.7 Å². The van der Waals surface area contributed by atoms with E-state index in [1.165, 1.54) is 6.08 Å². The van der Waals surface area contributed by atoms with Gasteiger partial charge >= 0.3 is 12.1 Å². The van der Waals surface area contributed by atoms with E-state index in [0.717, 1.165) is 11.1 Å². The molecule has 6 nitrogen and oxygen atoms in total. The molecular weight excluding hydrogens is 274 g/mol. The summed E-state index contributed by atoms with van der Waals surface area (Å²) in [6, 6.07) is 7.51. The number of esters is 1. The van der Waals surface area contributed by atoms with E-state index in [2.05, 4.69) is 4.74 Å². The zero-order valence-electron chi connectivity index (χ0n) is 11.9. The van der Waals surface area contributed by atoms with Gasteiger partial charge in [0.15, 0.2) is 6.61 Å². The van der Waals surface area contributed by atoms with Gasteiger partial charge in [-0.1, -0.05) is 24.3 Å². The number of alkyl carbamates (subject to hydrolysis) is 1. The SMILES string of the molecule is CCOC(=O)NC(=O)COC(=O)/C=C/c1ccccc1C. The molecule has 0 spiro atoms. The molecule has 0 aliphatic carbocycles. The van der Waals surface area contributed by atoms with Gasteiger partial charge in [-0.2, -0.15) is 0 Å². The summed E-state index contributed by atoms with van der Waals surface area (Å²) in [4.78, 5) is 33.6. The van der Waals surface area contributed by atoms with Crippen molar-refractivity contribution in [3.05, 3.63) is 41.5 Å². The first-order chi connectivity index (χ1) is 10.0. The second kappa shape index (κ2) is 8.52. The molecule has 2 amide bonds. The highest BCUT2D eigenvalue weighted by Crippen LogP contribution is 2.08. The van der Waals surface area contributed by atoms with Crippen LogP contribution in [0.4, 0.5) is 4.79 Å². The first-order valence-electron chi connectivity index (χ1n) is 6.40. The number of ether oxygens (including phenoxy) is 2. The van der Waals surface area contributed by atoms with Crippen molar-refractivity contribution in [1.29, 1.82) is 0 Å². The van der Waals surface area contributed by atoms with Crippen molar-refractivity contribution < 1.29 is 23.9 Å². The summed E-state index contributed by atoms with van der Waals surface area (Å²) in [5.41, 5.74) is 1.90. The summed E-state index contributed by atoms with van der Waals surface area (Å²) in [7, 11) is 0. The van der Waals surface area contributed by atoms with Gasteiger partial charge in [-0.05, 0) is 31.1 Å². The van der Waals surface area contributed by atoms with Crippen LogP contribution in [0.15, 0.2) is 30.3 Å². The molecule has 112 valence electrons. The lowest BCUT2D eigenvalue weighted by atomic mass is 10.1. The quantitative estimate of drug-likeness (QED) is 0.661. The predicted octanol–water partition coefficient (Wildman–Crippen LogP) is 1.82. The first kappa shape index (κ1) is 16.4. The molecule has 0 unspecified atom stereocenters. The van der Waals surface area contributed by atoms with Crippen LogP contribution >= 0.6 is 0 Å². The van der Waals surface area contributed by atoms with Gasteiger partial charge in [-0.15, -0.1) is 0 Å². The van der Waals surface area contributed by atoms with E-state index in [0.29, 0.717) is 0 Å².